The molecule has 0 radical (unpaired) electrons. The number of carboxylic acid groups (broad SMARTS) is 1. The number of alkyl halides is 2. The van der Waals surface area contributed by atoms with E-state index in [1.165, 1.54) is 18.3 Å². The highest BCUT2D eigenvalue weighted by atomic mass is 19.3. The molecule has 1 aromatic carbocycles. The fraction of sp³-hybridized carbons (Fsp3) is 0.263. The third-order valence-electron chi connectivity index (χ3n) is 3.83. The standard InChI is InChI=1S/C19H17F2NO4/c20-19(21)26-16-6-5-12(10-17(16)25-11-14-3-4-14)1-2-13-7-8-22-15(9-13)18(23)24/h1-2,5-10,14,19H,3-4,11H2,(H,23,24)/b2-1+. The molecule has 1 aliphatic rings. The van der Waals surface area contributed by atoms with E-state index < -0.39 is 12.6 Å². The highest BCUT2D eigenvalue weighted by molar-refractivity contribution is 5.86. The van der Waals surface area contributed by atoms with Crippen molar-refractivity contribution < 1.29 is 28.2 Å². The summed E-state index contributed by atoms with van der Waals surface area (Å²) in [4.78, 5) is 14.7. The second kappa shape index (κ2) is 7.95. The van der Waals surface area contributed by atoms with Gasteiger partial charge in [0, 0.05) is 6.20 Å². The number of hydrogen-bond acceptors (Lipinski definition) is 4. The number of hydrogen-bond donors (Lipinski definition) is 1. The minimum Gasteiger partial charge on any atom is -0.489 e. The molecule has 1 heterocycles. The van der Waals surface area contributed by atoms with Gasteiger partial charge in [-0.3, -0.25) is 0 Å². The minimum atomic E-state index is -2.93. The fourth-order valence-corrected chi connectivity index (χ4v) is 2.29. The number of rotatable bonds is 8. The Labute approximate surface area is 148 Å². The molecule has 1 saturated carbocycles. The zero-order chi connectivity index (χ0) is 18.5. The van der Waals surface area contributed by atoms with E-state index in [0.29, 0.717) is 23.7 Å². The summed E-state index contributed by atoms with van der Waals surface area (Å²) in [6.45, 7) is -2.45. The van der Waals surface area contributed by atoms with E-state index >= 15 is 0 Å². The number of aromatic carboxylic acids is 1. The molecule has 0 aliphatic heterocycles. The molecule has 0 spiro atoms. The van der Waals surface area contributed by atoms with Crippen molar-refractivity contribution in [3.05, 3.63) is 53.3 Å². The van der Waals surface area contributed by atoms with Crippen LogP contribution in [0.2, 0.25) is 0 Å². The highest BCUT2D eigenvalue weighted by Gasteiger charge is 2.23. The van der Waals surface area contributed by atoms with Gasteiger partial charge in [0.2, 0.25) is 0 Å². The van der Waals surface area contributed by atoms with Crippen molar-refractivity contribution in [3.63, 3.8) is 0 Å². The number of nitrogens with zero attached hydrogens (tertiary/aromatic N) is 1. The van der Waals surface area contributed by atoms with Gasteiger partial charge in [0.1, 0.15) is 5.69 Å². The topological polar surface area (TPSA) is 68.7 Å². The molecule has 136 valence electrons. The van der Waals surface area contributed by atoms with E-state index in [-0.39, 0.29) is 17.2 Å². The maximum atomic E-state index is 12.5. The predicted octanol–water partition coefficient (Wildman–Crippen LogP) is 4.34. The average molecular weight is 361 g/mol. The van der Waals surface area contributed by atoms with Crippen LogP contribution in [0.1, 0.15) is 34.5 Å². The van der Waals surface area contributed by atoms with Crippen LogP contribution < -0.4 is 9.47 Å². The molecular weight excluding hydrogens is 344 g/mol. The first-order chi connectivity index (χ1) is 12.5. The lowest BCUT2D eigenvalue weighted by Gasteiger charge is -2.12. The van der Waals surface area contributed by atoms with Gasteiger partial charge in [0.05, 0.1) is 6.61 Å². The van der Waals surface area contributed by atoms with E-state index in [9.17, 15) is 13.6 Å². The maximum Gasteiger partial charge on any atom is 0.387 e. The van der Waals surface area contributed by atoms with Gasteiger partial charge in [-0.15, -0.1) is 0 Å². The largest absolute Gasteiger partial charge is 0.489 e. The normalized spacial score (nSPS) is 14.0. The van der Waals surface area contributed by atoms with Crippen LogP contribution in [0.25, 0.3) is 12.2 Å². The summed E-state index contributed by atoms with van der Waals surface area (Å²) in [5, 5.41) is 8.96. The Morgan fingerprint density at radius 1 is 1.19 bits per heavy atom. The van der Waals surface area contributed by atoms with Gasteiger partial charge in [-0.05, 0) is 54.2 Å². The van der Waals surface area contributed by atoms with Gasteiger partial charge in [0.15, 0.2) is 11.5 Å². The molecule has 0 atom stereocenters. The Hall–Kier alpha value is -2.96. The van der Waals surface area contributed by atoms with Crippen molar-refractivity contribution in [1.82, 2.24) is 4.98 Å². The highest BCUT2D eigenvalue weighted by Crippen LogP contribution is 2.34. The molecule has 0 amide bonds. The minimum absolute atomic E-state index is 0.00475. The van der Waals surface area contributed by atoms with Crippen LogP contribution in [0.4, 0.5) is 8.78 Å². The van der Waals surface area contributed by atoms with Crippen LogP contribution in [0.3, 0.4) is 0 Å². The maximum absolute atomic E-state index is 12.5. The smallest absolute Gasteiger partial charge is 0.387 e. The zero-order valence-electron chi connectivity index (χ0n) is 13.8. The van der Waals surface area contributed by atoms with Gasteiger partial charge < -0.3 is 14.6 Å². The molecular formula is C19H17F2NO4. The molecule has 2 aromatic rings. The Balaban J connectivity index is 1.78. The number of aromatic nitrogens is 1. The number of halogens is 2. The lowest BCUT2D eigenvalue weighted by molar-refractivity contribution is -0.0515. The molecule has 1 aliphatic carbocycles. The fourth-order valence-electron chi connectivity index (χ4n) is 2.29. The second-order valence-corrected chi connectivity index (χ2v) is 5.95. The SMILES string of the molecule is O=C(O)c1cc(/C=C/c2ccc(OC(F)F)c(OCC3CC3)c2)ccn1. The van der Waals surface area contributed by atoms with Crippen molar-refractivity contribution in [2.45, 2.75) is 19.5 Å². The van der Waals surface area contributed by atoms with Crippen LogP contribution in [0, 0.1) is 5.92 Å². The molecule has 0 saturated heterocycles. The molecule has 7 heteroatoms. The Kier molecular flexibility index (Phi) is 5.46. The number of carboxylic acids is 1. The van der Waals surface area contributed by atoms with Crippen LogP contribution in [0.15, 0.2) is 36.5 Å². The molecule has 0 unspecified atom stereocenters. The lowest BCUT2D eigenvalue weighted by atomic mass is 10.1. The Bertz CT molecular complexity index is 819. The van der Waals surface area contributed by atoms with Crippen LogP contribution in [0.5, 0.6) is 11.5 Å². The van der Waals surface area contributed by atoms with E-state index in [4.69, 9.17) is 9.84 Å². The lowest BCUT2D eigenvalue weighted by Crippen LogP contribution is -2.06. The summed E-state index contributed by atoms with van der Waals surface area (Å²) in [6, 6.07) is 7.79. The quantitative estimate of drug-likeness (QED) is 0.757. The summed E-state index contributed by atoms with van der Waals surface area (Å²) in [6.07, 6.45) is 7.02. The number of benzene rings is 1. The first-order valence-electron chi connectivity index (χ1n) is 8.10. The van der Waals surface area contributed by atoms with Crippen molar-refractivity contribution in [1.29, 1.82) is 0 Å². The molecule has 3 rings (SSSR count). The summed E-state index contributed by atoms with van der Waals surface area (Å²) in [5.74, 6) is -0.375. The van der Waals surface area contributed by atoms with E-state index in [0.717, 1.165) is 12.8 Å². The van der Waals surface area contributed by atoms with E-state index in [2.05, 4.69) is 9.72 Å². The molecule has 0 bridgehead atoms. The van der Waals surface area contributed by atoms with Crippen LogP contribution in [-0.4, -0.2) is 29.3 Å². The number of ether oxygens (including phenoxy) is 2. The number of pyridine rings is 1. The number of carbonyl (C=O) groups is 1. The molecule has 1 aromatic heterocycles. The summed E-state index contributed by atoms with van der Waals surface area (Å²) in [5.41, 5.74) is 1.32. The third-order valence-corrected chi connectivity index (χ3v) is 3.83. The average Bonchev–Trinajstić information content (AvgIpc) is 3.44. The summed E-state index contributed by atoms with van der Waals surface area (Å²) in [7, 11) is 0. The Morgan fingerprint density at radius 2 is 1.92 bits per heavy atom. The van der Waals surface area contributed by atoms with E-state index in [1.54, 1.807) is 30.4 Å². The van der Waals surface area contributed by atoms with Crippen molar-refractivity contribution >= 4 is 18.1 Å². The first-order valence-corrected chi connectivity index (χ1v) is 8.10. The van der Waals surface area contributed by atoms with Gasteiger partial charge >= 0.3 is 12.6 Å². The molecule has 1 N–H and O–H groups in total. The summed E-state index contributed by atoms with van der Waals surface area (Å²) >= 11 is 0. The first kappa shape index (κ1) is 17.8. The predicted molar refractivity (Wildman–Crippen MR) is 91.4 cm³/mol. The third kappa shape index (κ3) is 5.02. The van der Waals surface area contributed by atoms with E-state index in [1.807, 2.05) is 0 Å². The molecule has 26 heavy (non-hydrogen) atoms. The van der Waals surface area contributed by atoms with Gasteiger partial charge in [-0.2, -0.15) is 8.78 Å². The second-order valence-electron chi connectivity index (χ2n) is 5.95. The van der Waals surface area contributed by atoms with Crippen molar-refractivity contribution in [2.75, 3.05) is 6.61 Å². The van der Waals surface area contributed by atoms with Crippen LogP contribution >= 0.6 is 0 Å². The van der Waals surface area contributed by atoms with Gasteiger partial charge in [0.25, 0.3) is 0 Å². The molecule has 1 fully saturated rings. The Morgan fingerprint density at radius 3 is 2.58 bits per heavy atom. The summed E-state index contributed by atoms with van der Waals surface area (Å²) < 4.78 is 35.2. The van der Waals surface area contributed by atoms with Gasteiger partial charge in [-0.25, -0.2) is 9.78 Å². The van der Waals surface area contributed by atoms with Crippen LogP contribution in [-0.2, 0) is 0 Å². The zero-order valence-corrected chi connectivity index (χ0v) is 13.8. The monoisotopic (exact) mass is 361 g/mol. The molecule has 5 nitrogen and oxygen atoms in total. The van der Waals surface area contributed by atoms with Crippen molar-refractivity contribution in [3.8, 4) is 11.5 Å². The van der Waals surface area contributed by atoms with Crippen molar-refractivity contribution in [2.24, 2.45) is 5.92 Å². The van der Waals surface area contributed by atoms with Gasteiger partial charge in [-0.1, -0.05) is 18.2 Å².